The molecule has 108 valence electrons. The van der Waals surface area contributed by atoms with Crippen LogP contribution in [0.1, 0.15) is 16.9 Å². The van der Waals surface area contributed by atoms with Crippen molar-refractivity contribution in [2.45, 2.75) is 6.42 Å². The number of nitrogens with one attached hydrogen (secondary N) is 1. The quantitative estimate of drug-likeness (QED) is 0.812. The normalized spacial score (nSPS) is 14.9. The number of morpholine rings is 1. The highest BCUT2D eigenvalue weighted by molar-refractivity contribution is 5.86. The third-order valence-corrected chi connectivity index (χ3v) is 3.01. The van der Waals surface area contributed by atoms with Crippen LogP contribution in [0.25, 0.3) is 0 Å². The lowest BCUT2D eigenvalue weighted by atomic mass is 10.3. The maximum absolute atomic E-state index is 11.9. The van der Waals surface area contributed by atoms with Crippen LogP contribution >= 0.6 is 0 Å². The van der Waals surface area contributed by atoms with E-state index in [9.17, 15) is 9.59 Å². The number of aromatic carboxylic acids is 1. The molecule has 7 heteroatoms. The van der Waals surface area contributed by atoms with Gasteiger partial charge in [0.25, 0.3) is 0 Å². The van der Waals surface area contributed by atoms with Crippen LogP contribution in [0.5, 0.6) is 0 Å². The lowest BCUT2D eigenvalue weighted by Gasteiger charge is -2.26. The van der Waals surface area contributed by atoms with Crippen LogP contribution in [0.15, 0.2) is 18.3 Å². The van der Waals surface area contributed by atoms with Gasteiger partial charge in [-0.05, 0) is 12.1 Å². The molecule has 7 nitrogen and oxygen atoms in total. The fourth-order valence-corrected chi connectivity index (χ4v) is 1.94. The molecule has 1 aliphatic rings. The van der Waals surface area contributed by atoms with Crippen molar-refractivity contribution in [2.75, 3.05) is 38.2 Å². The second-order valence-electron chi connectivity index (χ2n) is 4.40. The van der Waals surface area contributed by atoms with E-state index in [4.69, 9.17) is 9.84 Å². The number of pyridine rings is 1. The lowest BCUT2D eigenvalue weighted by molar-refractivity contribution is -0.134. The summed E-state index contributed by atoms with van der Waals surface area (Å²) in [5.74, 6) is -0.994. The summed E-state index contributed by atoms with van der Waals surface area (Å²) in [5.41, 5.74) is 0.627. The van der Waals surface area contributed by atoms with Gasteiger partial charge in [-0.2, -0.15) is 0 Å². The first-order valence-corrected chi connectivity index (χ1v) is 6.45. The third kappa shape index (κ3) is 3.92. The predicted octanol–water partition coefficient (Wildman–Crippen LogP) is 0.441. The number of anilines is 1. The second kappa shape index (κ2) is 6.85. The SMILES string of the molecule is O=C(O)c1cc(NCCC(=O)N2CCOCC2)ccn1. The molecule has 0 bridgehead atoms. The molecule has 1 amide bonds. The van der Waals surface area contributed by atoms with Gasteiger partial charge < -0.3 is 20.1 Å². The van der Waals surface area contributed by atoms with Gasteiger partial charge in [-0.3, -0.25) is 4.79 Å². The molecule has 0 atom stereocenters. The molecule has 2 N–H and O–H groups in total. The number of hydrogen-bond donors (Lipinski definition) is 2. The van der Waals surface area contributed by atoms with Gasteiger partial charge in [0.15, 0.2) is 0 Å². The molecular weight excluding hydrogens is 262 g/mol. The van der Waals surface area contributed by atoms with Crippen molar-refractivity contribution < 1.29 is 19.4 Å². The van der Waals surface area contributed by atoms with E-state index in [-0.39, 0.29) is 11.6 Å². The Morgan fingerprint density at radius 2 is 2.15 bits per heavy atom. The van der Waals surface area contributed by atoms with Crippen LogP contribution in [-0.2, 0) is 9.53 Å². The molecule has 0 spiro atoms. The summed E-state index contributed by atoms with van der Waals surface area (Å²) >= 11 is 0. The molecule has 1 aromatic heterocycles. The van der Waals surface area contributed by atoms with Crippen molar-refractivity contribution in [3.63, 3.8) is 0 Å². The Bertz CT molecular complexity index is 486. The molecule has 1 fully saturated rings. The van der Waals surface area contributed by atoms with E-state index >= 15 is 0 Å². The van der Waals surface area contributed by atoms with Gasteiger partial charge in [0.1, 0.15) is 5.69 Å². The average molecular weight is 279 g/mol. The van der Waals surface area contributed by atoms with E-state index in [1.807, 2.05) is 0 Å². The van der Waals surface area contributed by atoms with Crippen molar-refractivity contribution in [1.29, 1.82) is 0 Å². The predicted molar refractivity (Wildman–Crippen MR) is 71.7 cm³/mol. The van der Waals surface area contributed by atoms with E-state index < -0.39 is 5.97 Å². The first-order valence-electron chi connectivity index (χ1n) is 6.45. The molecular formula is C13H17N3O4. The standard InChI is InChI=1S/C13H17N3O4/c17-12(16-5-7-20-8-6-16)2-4-14-10-1-3-15-11(9-10)13(18)19/h1,3,9H,2,4-8H2,(H,14,15)(H,18,19). The summed E-state index contributed by atoms with van der Waals surface area (Å²) in [7, 11) is 0. The molecule has 20 heavy (non-hydrogen) atoms. The minimum absolute atomic E-state index is 0.0190. The number of nitrogens with zero attached hydrogens (tertiary/aromatic N) is 2. The fraction of sp³-hybridized carbons (Fsp3) is 0.462. The van der Waals surface area contributed by atoms with Crippen LogP contribution in [0.2, 0.25) is 0 Å². The maximum Gasteiger partial charge on any atom is 0.354 e. The van der Waals surface area contributed by atoms with E-state index in [1.165, 1.54) is 12.3 Å². The molecule has 2 heterocycles. The number of carbonyl (C=O) groups is 2. The zero-order valence-electron chi connectivity index (χ0n) is 11.0. The average Bonchev–Trinajstić information content (AvgIpc) is 2.48. The van der Waals surface area contributed by atoms with E-state index in [0.29, 0.717) is 45.0 Å². The first-order chi connectivity index (χ1) is 9.66. The van der Waals surface area contributed by atoms with E-state index in [2.05, 4.69) is 10.3 Å². The topological polar surface area (TPSA) is 91.8 Å². The molecule has 1 saturated heterocycles. The number of amides is 1. The number of ether oxygens (including phenoxy) is 1. The minimum Gasteiger partial charge on any atom is -0.477 e. The summed E-state index contributed by atoms with van der Waals surface area (Å²) in [6.07, 6.45) is 1.79. The summed E-state index contributed by atoms with van der Waals surface area (Å²) in [5, 5.41) is 11.9. The molecule has 0 radical (unpaired) electrons. The Labute approximate surface area is 116 Å². The minimum atomic E-state index is -1.07. The van der Waals surface area contributed by atoms with Crippen molar-refractivity contribution in [2.24, 2.45) is 0 Å². The summed E-state index contributed by atoms with van der Waals surface area (Å²) in [4.78, 5) is 28.2. The highest BCUT2D eigenvalue weighted by Gasteiger charge is 2.16. The number of aromatic nitrogens is 1. The second-order valence-corrected chi connectivity index (χ2v) is 4.40. The number of carbonyl (C=O) groups excluding carboxylic acids is 1. The van der Waals surface area contributed by atoms with Gasteiger partial charge in [-0.1, -0.05) is 0 Å². The Hall–Kier alpha value is -2.15. The molecule has 0 unspecified atom stereocenters. The van der Waals surface area contributed by atoms with Gasteiger partial charge in [-0.15, -0.1) is 0 Å². The Morgan fingerprint density at radius 1 is 1.40 bits per heavy atom. The van der Waals surface area contributed by atoms with Crippen molar-refractivity contribution in [1.82, 2.24) is 9.88 Å². The number of carboxylic acid groups (broad SMARTS) is 1. The van der Waals surface area contributed by atoms with Crippen LogP contribution in [-0.4, -0.2) is 59.7 Å². The molecule has 0 aromatic carbocycles. The van der Waals surface area contributed by atoms with Crippen molar-refractivity contribution in [3.8, 4) is 0 Å². The van der Waals surface area contributed by atoms with Crippen LogP contribution < -0.4 is 5.32 Å². The monoisotopic (exact) mass is 279 g/mol. The molecule has 2 rings (SSSR count). The summed E-state index contributed by atoms with van der Waals surface area (Å²) < 4.78 is 5.19. The lowest BCUT2D eigenvalue weighted by Crippen LogP contribution is -2.41. The van der Waals surface area contributed by atoms with Crippen LogP contribution in [0.4, 0.5) is 5.69 Å². The van der Waals surface area contributed by atoms with Gasteiger partial charge in [0.05, 0.1) is 13.2 Å². The number of carboxylic acids is 1. The number of rotatable bonds is 5. The van der Waals surface area contributed by atoms with Gasteiger partial charge in [0.2, 0.25) is 5.91 Å². The Morgan fingerprint density at radius 3 is 2.85 bits per heavy atom. The van der Waals surface area contributed by atoms with E-state index in [0.717, 1.165) is 0 Å². The summed E-state index contributed by atoms with van der Waals surface area (Å²) in [6, 6.07) is 3.12. The van der Waals surface area contributed by atoms with Gasteiger partial charge >= 0.3 is 5.97 Å². The highest BCUT2D eigenvalue weighted by atomic mass is 16.5. The van der Waals surface area contributed by atoms with Crippen molar-refractivity contribution >= 4 is 17.6 Å². The zero-order chi connectivity index (χ0) is 14.4. The van der Waals surface area contributed by atoms with Crippen LogP contribution in [0.3, 0.4) is 0 Å². The first kappa shape index (κ1) is 14.3. The Balaban J connectivity index is 1.79. The maximum atomic E-state index is 11.9. The summed E-state index contributed by atoms with van der Waals surface area (Å²) in [6.45, 7) is 2.91. The highest BCUT2D eigenvalue weighted by Crippen LogP contribution is 2.08. The molecule has 0 aliphatic carbocycles. The zero-order valence-corrected chi connectivity index (χ0v) is 11.0. The van der Waals surface area contributed by atoms with Crippen LogP contribution in [0, 0.1) is 0 Å². The Kier molecular flexibility index (Phi) is 4.89. The third-order valence-electron chi connectivity index (χ3n) is 3.01. The largest absolute Gasteiger partial charge is 0.477 e. The molecule has 0 saturated carbocycles. The van der Waals surface area contributed by atoms with Crippen molar-refractivity contribution in [3.05, 3.63) is 24.0 Å². The van der Waals surface area contributed by atoms with Gasteiger partial charge in [-0.25, -0.2) is 9.78 Å². The number of hydrogen-bond acceptors (Lipinski definition) is 5. The van der Waals surface area contributed by atoms with E-state index in [1.54, 1.807) is 11.0 Å². The molecule has 1 aliphatic heterocycles. The molecule has 1 aromatic rings. The van der Waals surface area contributed by atoms with Gasteiger partial charge in [0, 0.05) is 37.9 Å². The fourth-order valence-electron chi connectivity index (χ4n) is 1.94. The smallest absolute Gasteiger partial charge is 0.354 e.